The van der Waals surface area contributed by atoms with Crippen LogP contribution in [0, 0.1) is 11.8 Å². The van der Waals surface area contributed by atoms with E-state index in [1.54, 1.807) is 6.92 Å². The molecule has 0 spiro atoms. The maximum absolute atomic E-state index is 10.5. The first-order chi connectivity index (χ1) is 6.06. The Labute approximate surface area is 77.5 Å². The Morgan fingerprint density at radius 2 is 2.15 bits per heavy atom. The molecule has 74 valence electrons. The van der Waals surface area contributed by atoms with Gasteiger partial charge < -0.3 is 14.9 Å². The Morgan fingerprint density at radius 3 is 2.62 bits per heavy atom. The molecule has 0 saturated carbocycles. The van der Waals surface area contributed by atoms with E-state index >= 15 is 0 Å². The Morgan fingerprint density at radius 1 is 1.54 bits per heavy atom. The van der Waals surface area contributed by atoms with Gasteiger partial charge in [-0.3, -0.25) is 0 Å². The summed E-state index contributed by atoms with van der Waals surface area (Å²) < 4.78 is 4.27. The van der Waals surface area contributed by atoms with E-state index in [4.69, 9.17) is 5.11 Å². The van der Waals surface area contributed by atoms with Gasteiger partial charge in [0.1, 0.15) is 0 Å². The highest BCUT2D eigenvalue weighted by Gasteiger charge is 2.05. The molecule has 0 amide bonds. The van der Waals surface area contributed by atoms with Crippen LogP contribution in [0.25, 0.3) is 0 Å². The molecule has 2 N–H and O–H groups in total. The molecular formula is C9H14O4. The van der Waals surface area contributed by atoms with E-state index in [1.165, 1.54) is 7.11 Å². The zero-order valence-electron chi connectivity index (χ0n) is 7.78. The first-order valence-electron chi connectivity index (χ1n) is 3.99. The third kappa shape index (κ3) is 7.32. The van der Waals surface area contributed by atoms with Crippen LogP contribution in [0.3, 0.4) is 0 Å². The first-order valence-corrected chi connectivity index (χ1v) is 3.99. The number of hydrogen-bond donors (Lipinski definition) is 2. The predicted molar refractivity (Wildman–Crippen MR) is 46.7 cm³/mol. The molecule has 0 aliphatic heterocycles. The van der Waals surface area contributed by atoms with Gasteiger partial charge >= 0.3 is 5.97 Å². The summed E-state index contributed by atoms with van der Waals surface area (Å²) in [6, 6.07) is 0. The highest BCUT2D eigenvalue weighted by molar-refractivity contribution is 5.88. The number of carbonyl (C=O) groups is 1. The molecule has 4 nitrogen and oxygen atoms in total. The highest BCUT2D eigenvalue weighted by atomic mass is 16.5. The number of aliphatic hydroxyl groups is 2. The summed E-state index contributed by atoms with van der Waals surface area (Å²) in [6.07, 6.45) is -0.831. The molecule has 0 aliphatic carbocycles. The van der Waals surface area contributed by atoms with Crippen LogP contribution >= 0.6 is 0 Å². The minimum Gasteiger partial charge on any atom is -0.459 e. The molecule has 0 bridgehead atoms. The fourth-order valence-electron chi connectivity index (χ4n) is 0.769. The van der Waals surface area contributed by atoms with Gasteiger partial charge in [0, 0.05) is 12.3 Å². The van der Waals surface area contributed by atoms with E-state index in [0.29, 0.717) is 0 Å². The Kier molecular flexibility index (Phi) is 5.94. The van der Waals surface area contributed by atoms with Gasteiger partial charge in [-0.1, -0.05) is 5.92 Å². The van der Waals surface area contributed by atoms with E-state index in [-0.39, 0.29) is 12.8 Å². The molecule has 13 heavy (non-hydrogen) atoms. The smallest absolute Gasteiger partial charge is 0.384 e. The lowest BCUT2D eigenvalue weighted by molar-refractivity contribution is -0.133. The fourth-order valence-corrected chi connectivity index (χ4v) is 0.769. The van der Waals surface area contributed by atoms with Gasteiger partial charge in [0.25, 0.3) is 0 Å². The average molecular weight is 186 g/mol. The molecule has 0 unspecified atom stereocenters. The van der Waals surface area contributed by atoms with Crippen molar-refractivity contribution >= 4 is 5.97 Å². The van der Waals surface area contributed by atoms with Crippen LogP contribution in [-0.2, 0) is 9.53 Å². The lowest BCUT2D eigenvalue weighted by Crippen LogP contribution is -2.14. The van der Waals surface area contributed by atoms with E-state index < -0.39 is 18.2 Å². The second-order valence-corrected chi connectivity index (χ2v) is 2.74. The first kappa shape index (κ1) is 11.9. The molecule has 0 saturated heterocycles. The lowest BCUT2D eigenvalue weighted by atomic mass is 10.1. The lowest BCUT2D eigenvalue weighted by Gasteiger charge is -2.07. The summed E-state index contributed by atoms with van der Waals surface area (Å²) in [4.78, 5) is 10.5. The number of rotatable bonds is 3. The van der Waals surface area contributed by atoms with Gasteiger partial charge in [-0.2, -0.15) is 0 Å². The number of ether oxygens (including phenoxy) is 1. The van der Waals surface area contributed by atoms with Crippen LogP contribution in [0.5, 0.6) is 0 Å². The topological polar surface area (TPSA) is 66.8 Å². The van der Waals surface area contributed by atoms with Crippen molar-refractivity contribution in [3.8, 4) is 11.8 Å². The number of esters is 1. The second-order valence-electron chi connectivity index (χ2n) is 2.74. The molecule has 0 fully saturated rings. The number of methoxy groups -OCH3 is 1. The highest BCUT2D eigenvalue weighted by Crippen LogP contribution is 2.00. The van der Waals surface area contributed by atoms with Gasteiger partial charge in [-0.25, -0.2) is 4.79 Å². The van der Waals surface area contributed by atoms with Crippen LogP contribution in [-0.4, -0.2) is 35.5 Å². The normalized spacial score (nSPS) is 13.8. The van der Waals surface area contributed by atoms with Crippen molar-refractivity contribution in [3.63, 3.8) is 0 Å². The molecule has 0 aromatic carbocycles. The van der Waals surface area contributed by atoms with Crippen molar-refractivity contribution in [2.75, 3.05) is 7.11 Å². The number of carbonyl (C=O) groups excluding carboxylic acids is 1. The molecule has 0 aliphatic rings. The monoisotopic (exact) mass is 186 g/mol. The van der Waals surface area contributed by atoms with E-state index in [1.807, 2.05) is 0 Å². The zero-order chi connectivity index (χ0) is 10.3. The third-order valence-electron chi connectivity index (χ3n) is 1.33. The zero-order valence-corrected chi connectivity index (χ0v) is 7.78. The van der Waals surface area contributed by atoms with Crippen LogP contribution in [0.4, 0.5) is 0 Å². The second kappa shape index (κ2) is 6.46. The Hall–Kier alpha value is -1.05. The minimum atomic E-state index is -0.697. The number of aliphatic hydroxyl groups excluding tert-OH is 2. The summed E-state index contributed by atoms with van der Waals surface area (Å²) in [5, 5.41) is 18.1. The maximum Gasteiger partial charge on any atom is 0.384 e. The number of hydrogen-bond acceptors (Lipinski definition) is 4. The quantitative estimate of drug-likeness (QED) is 0.360. The predicted octanol–water partition coefficient (Wildman–Crippen LogP) is -0.315. The molecular weight excluding hydrogens is 172 g/mol. The Bertz CT molecular complexity index is 211. The molecule has 0 aromatic heterocycles. The van der Waals surface area contributed by atoms with Crippen molar-refractivity contribution in [2.24, 2.45) is 0 Å². The van der Waals surface area contributed by atoms with Crippen molar-refractivity contribution < 1.29 is 19.7 Å². The van der Waals surface area contributed by atoms with Gasteiger partial charge in [0.2, 0.25) is 0 Å². The summed E-state index contributed by atoms with van der Waals surface area (Å²) in [5.74, 6) is 4.02. The van der Waals surface area contributed by atoms with E-state index in [0.717, 1.165) is 0 Å². The summed E-state index contributed by atoms with van der Waals surface area (Å²) >= 11 is 0. The van der Waals surface area contributed by atoms with Gasteiger partial charge in [0.15, 0.2) is 0 Å². The van der Waals surface area contributed by atoms with E-state index in [2.05, 4.69) is 16.6 Å². The third-order valence-corrected chi connectivity index (χ3v) is 1.33. The van der Waals surface area contributed by atoms with Crippen molar-refractivity contribution in [1.82, 2.24) is 0 Å². The molecule has 4 heteroatoms. The van der Waals surface area contributed by atoms with Gasteiger partial charge in [-0.15, -0.1) is 0 Å². The van der Waals surface area contributed by atoms with Crippen LogP contribution in [0.1, 0.15) is 19.8 Å². The maximum atomic E-state index is 10.5. The average Bonchev–Trinajstić information content (AvgIpc) is 2.02. The molecule has 0 rings (SSSR count). The summed E-state index contributed by atoms with van der Waals surface area (Å²) in [7, 11) is 1.24. The van der Waals surface area contributed by atoms with Crippen molar-refractivity contribution in [3.05, 3.63) is 0 Å². The van der Waals surface area contributed by atoms with Crippen LogP contribution < -0.4 is 0 Å². The molecule has 0 radical (unpaired) electrons. The van der Waals surface area contributed by atoms with Crippen molar-refractivity contribution in [2.45, 2.75) is 32.0 Å². The van der Waals surface area contributed by atoms with Gasteiger partial charge in [-0.05, 0) is 13.3 Å². The van der Waals surface area contributed by atoms with Crippen LogP contribution in [0.2, 0.25) is 0 Å². The Balaban J connectivity index is 3.72. The van der Waals surface area contributed by atoms with Crippen molar-refractivity contribution in [1.29, 1.82) is 0 Å². The minimum absolute atomic E-state index is 0.167. The van der Waals surface area contributed by atoms with Gasteiger partial charge in [0.05, 0.1) is 19.3 Å². The summed E-state index contributed by atoms with van der Waals surface area (Å²) in [6.45, 7) is 1.58. The largest absolute Gasteiger partial charge is 0.459 e. The molecule has 0 aromatic rings. The molecule has 2 atom stereocenters. The van der Waals surface area contributed by atoms with E-state index in [9.17, 15) is 9.90 Å². The fraction of sp³-hybridized carbons (Fsp3) is 0.667. The SMILES string of the molecule is COC(=O)C#CC[C@@H](O)C[C@H](C)O. The molecule has 0 heterocycles. The van der Waals surface area contributed by atoms with Crippen LogP contribution in [0.15, 0.2) is 0 Å². The standard InChI is InChI=1S/C9H14O4/c1-7(10)6-8(11)4-3-5-9(12)13-2/h7-8,10-11H,4,6H2,1-2H3/t7-,8+/m0/s1. The summed E-state index contributed by atoms with van der Waals surface area (Å²) in [5.41, 5.74) is 0.